The van der Waals surface area contributed by atoms with Gasteiger partial charge in [0, 0.05) is 19.3 Å². The van der Waals surface area contributed by atoms with Gasteiger partial charge in [-0.1, -0.05) is 312 Å². The maximum atomic E-state index is 13.0. The Labute approximate surface area is 510 Å². The number of carbonyl (C=O) groups excluding carboxylic acids is 3. The van der Waals surface area contributed by atoms with Crippen molar-refractivity contribution >= 4 is 17.9 Å². The quantitative estimate of drug-likeness (QED) is 0.0261. The van der Waals surface area contributed by atoms with E-state index in [1.807, 2.05) is 0 Å². The molecule has 0 fully saturated rings. The van der Waals surface area contributed by atoms with Crippen molar-refractivity contribution in [3.8, 4) is 0 Å². The third kappa shape index (κ3) is 67.6. The lowest BCUT2D eigenvalue weighted by Crippen LogP contribution is -2.30. The Balaban J connectivity index is 4.37. The first-order valence-corrected chi connectivity index (χ1v) is 35.9. The minimum Gasteiger partial charge on any atom is -0.462 e. The lowest BCUT2D eigenvalue weighted by atomic mass is 10.0. The molecule has 0 aromatic carbocycles. The van der Waals surface area contributed by atoms with Crippen LogP contribution in [0.4, 0.5) is 0 Å². The predicted octanol–water partition coefficient (Wildman–Crippen LogP) is 24.8. The van der Waals surface area contributed by atoms with Gasteiger partial charge in [0.2, 0.25) is 0 Å². The molecular weight excluding hydrogens is 1010 g/mol. The van der Waals surface area contributed by atoms with Crippen molar-refractivity contribution in [2.75, 3.05) is 13.2 Å². The predicted molar refractivity (Wildman–Crippen MR) is 358 cm³/mol. The molecule has 6 nitrogen and oxygen atoms in total. The number of hydrogen-bond acceptors (Lipinski definition) is 6. The van der Waals surface area contributed by atoms with E-state index in [4.69, 9.17) is 14.2 Å². The Hall–Kier alpha value is -3.15. The summed E-state index contributed by atoms with van der Waals surface area (Å²) in [4.78, 5) is 38.5. The zero-order chi connectivity index (χ0) is 59.2. The van der Waals surface area contributed by atoms with Gasteiger partial charge >= 0.3 is 17.9 Å². The minimum atomic E-state index is -0.784. The summed E-state index contributed by atoms with van der Waals surface area (Å²) in [5.41, 5.74) is 0. The maximum absolute atomic E-state index is 13.0. The molecule has 1 atom stereocenters. The van der Waals surface area contributed by atoms with Crippen molar-refractivity contribution in [3.63, 3.8) is 0 Å². The van der Waals surface area contributed by atoms with Crippen LogP contribution in [0.2, 0.25) is 0 Å². The van der Waals surface area contributed by atoms with Crippen molar-refractivity contribution in [1.29, 1.82) is 0 Å². The SMILES string of the molecule is CCCCCCC/C=C\C/C=C\C/C=C\CCCCCCCCCCC(=O)OCC(COC(=O)CCCCCCCCC/C=C\CCCCCCCCC)OC(=O)CCCCCCCCCCCCC/C=C\C/C=C\CCCCCCC. The second kappa shape index (κ2) is 70.3. The molecule has 82 heavy (non-hydrogen) atoms. The van der Waals surface area contributed by atoms with Gasteiger partial charge in [0.15, 0.2) is 6.10 Å². The van der Waals surface area contributed by atoms with Gasteiger partial charge in [-0.2, -0.15) is 0 Å². The van der Waals surface area contributed by atoms with Crippen LogP contribution in [0.3, 0.4) is 0 Å². The van der Waals surface area contributed by atoms with Crippen molar-refractivity contribution in [2.24, 2.45) is 0 Å². The summed E-state index contributed by atoms with van der Waals surface area (Å²) in [5, 5.41) is 0. The van der Waals surface area contributed by atoms with Crippen LogP contribution in [-0.2, 0) is 28.6 Å². The van der Waals surface area contributed by atoms with Crippen LogP contribution in [0, 0.1) is 0 Å². The molecule has 0 spiro atoms. The molecule has 0 amide bonds. The van der Waals surface area contributed by atoms with Gasteiger partial charge in [0.05, 0.1) is 0 Å². The van der Waals surface area contributed by atoms with Gasteiger partial charge < -0.3 is 14.2 Å². The summed E-state index contributed by atoms with van der Waals surface area (Å²) in [6, 6.07) is 0. The third-order valence-corrected chi connectivity index (χ3v) is 15.9. The molecule has 0 bridgehead atoms. The summed E-state index contributed by atoms with van der Waals surface area (Å²) in [7, 11) is 0. The lowest BCUT2D eigenvalue weighted by Gasteiger charge is -2.18. The standard InChI is InChI=1S/C76H136O6/c1-4-7-10-13-16-19-22-25-28-31-34-36-38-40-42-45-48-51-54-57-60-63-66-69-75(78)81-72-73(71-80-74(77)68-65-62-59-56-53-50-47-44-33-30-27-24-21-18-15-12-9-6-3)82-76(79)70-67-64-61-58-55-52-49-46-43-41-39-37-35-32-29-26-23-20-17-14-11-8-5-2/h22-23,25-26,30-35,38,40,73H,4-21,24,27-29,36-37,39,41-72H2,1-3H3/b25-22-,26-23-,33-30-,34-31-,35-32-,40-38-. The Morgan fingerprint density at radius 1 is 0.244 bits per heavy atom. The molecule has 0 N–H and O–H groups in total. The molecular formula is C76H136O6. The first kappa shape index (κ1) is 78.8. The first-order chi connectivity index (χ1) is 40.5. The number of ether oxygens (including phenoxy) is 3. The van der Waals surface area contributed by atoms with Crippen LogP contribution >= 0.6 is 0 Å². The van der Waals surface area contributed by atoms with E-state index in [2.05, 4.69) is 93.7 Å². The average Bonchev–Trinajstić information content (AvgIpc) is 3.47. The zero-order valence-electron chi connectivity index (χ0n) is 54.8. The monoisotopic (exact) mass is 1150 g/mol. The molecule has 0 aliphatic carbocycles. The highest BCUT2D eigenvalue weighted by atomic mass is 16.6. The summed E-state index contributed by atoms with van der Waals surface area (Å²) >= 11 is 0. The van der Waals surface area contributed by atoms with Crippen LogP contribution < -0.4 is 0 Å². The maximum Gasteiger partial charge on any atom is 0.306 e. The van der Waals surface area contributed by atoms with Crippen molar-refractivity contribution < 1.29 is 28.6 Å². The number of allylic oxidation sites excluding steroid dienone is 12. The van der Waals surface area contributed by atoms with Gasteiger partial charge in [-0.3, -0.25) is 14.4 Å². The second-order valence-corrected chi connectivity index (χ2v) is 24.1. The van der Waals surface area contributed by atoms with Gasteiger partial charge in [-0.25, -0.2) is 0 Å². The topological polar surface area (TPSA) is 78.9 Å². The van der Waals surface area contributed by atoms with Crippen molar-refractivity contribution in [2.45, 2.75) is 380 Å². The molecule has 0 saturated heterocycles. The number of hydrogen-bond donors (Lipinski definition) is 0. The van der Waals surface area contributed by atoms with Crippen LogP contribution in [0.25, 0.3) is 0 Å². The molecule has 1 unspecified atom stereocenters. The highest BCUT2D eigenvalue weighted by molar-refractivity contribution is 5.71. The van der Waals surface area contributed by atoms with E-state index in [0.29, 0.717) is 19.3 Å². The highest BCUT2D eigenvalue weighted by Crippen LogP contribution is 2.17. The fourth-order valence-electron chi connectivity index (χ4n) is 10.5. The Kier molecular flexibility index (Phi) is 67.6. The minimum absolute atomic E-state index is 0.0787. The highest BCUT2D eigenvalue weighted by Gasteiger charge is 2.19. The molecule has 0 radical (unpaired) electrons. The molecule has 0 aromatic heterocycles. The average molecular weight is 1150 g/mol. The van der Waals surface area contributed by atoms with E-state index < -0.39 is 6.10 Å². The Morgan fingerprint density at radius 3 is 0.695 bits per heavy atom. The van der Waals surface area contributed by atoms with E-state index in [-0.39, 0.29) is 31.1 Å². The number of carbonyl (C=O) groups is 3. The summed E-state index contributed by atoms with van der Waals surface area (Å²) in [6.45, 7) is 6.66. The Morgan fingerprint density at radius 2 is 0.439 bits per heavy atom. The van der Waals surface area contributed by atoms with Gasteiger partial charge in [0.25, 0.3) is 0 Å². The number of unbranched alkanes of at least 4 members (excludes halogenated alkanes) is 43. The van der Waals surface area contributed by atoms with Crippen LogP contribution in [0.15, 0.2) is 72.9 Å². The molecule has 0 aromatic rings. The van der Waals surface area contributed by atoms with Crippen molar-refractivity contribution in [1.82, 2.24) is 0 Å². The number of esters is 3. The fraction of sp³-hybridized carbons (Fsp3) is 0.803. The lowest BCUT2D eigenvalue weighted by molar-refractivity contribution is -0.167. The van der Waals surface area contributed by atoms with E-state index >= 15 is 0 Å². The van der Waals surface area contributed by atoms with Crippen LogP contribution in [0.1, 0.15) is 374 Å². The summed E-state index contributed by atoms with van der Waals surface area (Å²) < 4.78 is 17.0. The largest absolute Gasteiger partial charge is 0.462 e. The van der Waals surface area contributed by atoms with E-state index in [1.54, 1.807) is 0 Å². The smallest absolute Gasteiger partial charge is 0.306 e. The van der Waals surface area contributed by atoms with Gasteiger partial charge in [0.1, 0.15) is 13.2 Å². The zero-order valence-corrected chi connectivity index (χ0v) is 54.8. The third-order valence-electron chi connectivity index (χ3n) is 15.9. The summed E-state index contributed by atoms with van der Waals surface area (Å²) in [5.74, 6) is -0.871. The molecule has 476 valence electrons. The van der Waals surface area contributed by atoms with E-state index in [1.165, 1.54) is 250 Å². The van der Waals surface area contributed by atoms with Crippen LogP contribution in [0.5, 0.6) is 0 Å². The molecule has 6 heteroatoms. The fourth-order valence-corrected chi connectivity index (χ4v) is 10.5. The first-order valence-electron chi connectivity index (χ1n) is 35.9. The van der Waals surface area contributed by atoms with E-state index in [9.17, 15) is 14.4 Å². The molecule has 0 heterocycles. The summed E-state index contributed by atoms with van der Waals surface area (Å²) in [6.07, 6.45) is 92.0. The van der Waals surface area contributed by atoms with Crippen LogP contribution in [-0.4, -0.2) is 37.2 Å². The molecule has 0 saturated carbocycles. The molecule has 0 aliphatic heterocycles. The van der Waals surface area contributed by atoms with Gasteiger partial charge in [-0.05, 0) is 116 Å². The van der Waals surface area contributed by atoms with E-state index in [0.717, 1.165) is 83.5 Å². The van der Waals surface area contributed by atoms with Crippen molar-refractivity contribution in [3.05, 3.63) is 72.9 Å². The number of rotatable bonds is 66. The normalized spacial score (nSPS) is 12.5. The van der Waals surface area contributed by atoms with Gasteiger partial charge in [-0.15, -0.1) is 0 Å². The molecule has 0 rings (SSSR count). The Bertz CT molecular complexity index is 1500. The molecule has 0 aliphatic rings. The second-order valence-electron chi connectivity index (χ2n) is 24.1.